The second-order valence-corrected chi connectivity index (χ2v) is 7.73. The van der Waals surface area contributed by atoms with Crippen molar-refractivity contribution in [3.63, 3.8) is 0 Å². The number of benzene rings is 1. The molecule has 0 fully saturated rings. The van der Waals surface area contributed by atoms with Gasteiger partial charge in [0.15, 0.2) is 23.1 Å². The minimum Gasteiger partial charge on any atom is -0.503 e. The molecule has 0 bridgehead atoms. The molecule has 0 saturated heterocycles. The Labute approximate surface area is 182 Å². The van der Waals surface area contributed by atoms with Crippen LogP contribution >= 0.6 is 11.3 Å². The zero-order valence-corrected chi connectivity index (χ0v) is 17.9. The zero-order chi connectivity index (χ0) is 22.1. The fourth-order valence-electron chi connectivity index (χ4n) is 3.53. The van der Waals surface area contributed by atoms with Crippen molar-refractivity contribution in [2.75, 3.05) is 18.6 Å². The third-order valence-corrected chi connectivity index (χ3v) is 5.73. The van der Waals surface area contributed by atoms with E-state index in [1.807, 2.05) is 6.92 Å². The first-order valence-corrected chi connectivity index (χ1v) is 10.4. The Balaban J connectivity index is 1.88. The number of aliphatic hydroxyl groups excluding tert-OH is 1. The predicted molar refractivity (Wildman–Crippen MR) is 114 cm³/mol. The van der Waals surface area contributed by atoms with Crippen LogP contribution in [0.4, 0.5) is 5.82 Å². The molecule has 1 aliphatic heterocycles. The van der Waals surface area contributed by atoms with Crippen LogP contribution in [0.3, 0.4) is 0 Å². The van der Waals surface area contributed by atoms with Gasteiger partial charge in [-0.05, 0) is 43.0 Å². The molecule has 0 unspecified atom stereocenters. The standard InChI is InChI=1S/C22H20N2O6S/c1-4-29-14-8-7-13(11-15(14)28-3)19-18(20(25)16-6-5-9-31-16)21(26)22(27)24(19)17-10-12(2)30-23-17/h5-11,19,26H,4H2,1-3H3/t19-/m0/s1. The summed E-state index contributed by atoms with van der Waals surface area (Å²) in [4.78, 5) is 28.0. The summed E-state index contributed by atoms with van der Waals surface area (Å²) in [7, 11) is 1.51. The van der Waals surface area contributed by atoms with Gasteiger partial charge in [-0.2, -0.15) is 0 Å². The Morgan fingerprint density at radius 1 is 1.29 bits per heavy atom. The van der Waals surface area contributed by atoms with Gasteiger partial charge in [0.1, 0.15) is 5.76 Å². The van der Waals surface area contributed by atoms with Gasteiger partial charge in [-0.25, -0.2) is 0 Å². The van der Waals surface area contributed by atoms with Gasteiger partial charge in [-0.15, -0.1) is 11.3 Å². The number of carbonyl (C=O) groups is 2. The van der Waals surface area contributed by atoms with Crippen LogP contribution in [0.1, 0.15) is 34.0 Å². The summed E-state index contributed by atoms with van der Waals surface area (Å²) in [5.41, 5.74) is 0.526. The maximum absolute atomic E-state index is 13.3. The van der Waals surface area contributed by atoms with E-state index in [9.17, 15) is 14.7 Å². The lowest BCUT2D eigenvalue weighted by molar-refractivity contribution is -0.117. The molecule has 31 heavy (non-hydrogen) atoms. The molecule has 3 heterocycles. The summed E-state index contributed by atoms with van der Waals surface area (Å²) < 4.78 is 16.2. The third kappa shape index (κ3) is 3.57. The lowest BCUT2D eigenvalue weighted by atomic mass is 9.95. The molecule has 2 aromatic heterocycles. The minimum atomic E-state index is -0.920. The van der Waals surface area contributed by atoms with E-state index in [1.165, 1.54) is 23.3 Å². The number of methoxy groups -OCH3 is 1. The quantitative estimate of drug-likeness (QED) is 0.548. The van der Waals surface area contributed by atoms with Gasteiger partial charge in [0.05, 0.1) is 30.2 Å². The topological polar surface area (TPSA) is 102 Å². The third-order valence-electron chi connectivity index (χ3n) is 4.86. The van der Waals surface area contributed by atoms with E-state index < -0.39 is 23.5 Å². The summed E-state index contributed by atoms with van der Waals surface area (Å²) in [6, 6.07) is 9.15. The molecule has 0 radical (unpaired) electrons. The first kappa shape index (κ1) is 20.7. The lowest BCUT2D eigenvalue weighted by Gasteiger charge is -2.25. The van der Waals surface area contributed by atoms with Crippen molar-refractivity contribution in [3.8, 4) is 11.5 Å². The summed E-state index contributed by atoms with van der Waals surface area (Å²) in [6.07, 6.45) is 0. The van der Waals surface area contributed by atoms with Crippen molar-refractivity contribution in [1.29, 1.82) is 0 Å². The molecule has 1 N–H and O–H groups in total. The Morgan fingerprint density at radius 2 is 2.10 bits per heavy atom. The molecule has 0 aliphatic carbocycles. The molecule has 1 amide bonds. The first-order chi connectivity index (χ1) is 15.0. The van der Waals surface area contributed by atoms with Crippen LogP contribution in [-0.4, -0.2) is 35.7 Å². The molecule has 0 spiro atoms. The number of rotatable bonds is 7. The summed E-state index contributed by atoms with van der Waals surface area (Å²) in [5.74, 6) is -0.118. The van der Waals surface area contributed by atoms with Crippen molar-refractivity contribution >= 4 is 28.8 Å². The molecule has 1 aromatic carbocycles. The molecule has 1 aliphatic rings. The van der Waals surface area contributed by atoms with E-state index in [4.69, 9.17) is 14.0 Å². The Kier molecular flexibility index (Phi) is 5.51. The fourth-order valence-corrected chi connectivity index (χ4v) is 4.20. The molecule has 160 valence electrons. The molecule has 4 rings (SSSR count). The maximum Gasteiger partial charge on any atom is 0.295 e. The van der Waals surface area contributed by atoms with E-state index in [0.717, 1.165) is 0 Å². The van der Waals surface area contributed by atoms with Crippen LogP contribution in [-0.2, 0) is 4.79 Å². The maximum atomic E-state index is 13.3. The van der Waals surface area contributed by atoms with E-state index in [2.05, 4.69) is 5.16 Å². The first-order valence-electron chi connectivity index (χ1n) is 9.55. The highest BCUT2D eigenvalue weighted by Crippen LogP contribution is 2.44. The van der Waals surface area contributed by atoms with Crippen LogP contribution in [0, 0.1) is 6.92 Å². The van der Waals surface area contributed by atoms with Crippen molar-refractivity contribution in [2.45, 2.75) is 19.9 Å². The number of amides is 1. The van der Waals surface area contributed by atoms with Gasteiger partial charge >= 0.3 is 0 Å². The SMILES string of the molecule is CCOc1ccc([C@H]2C(C(=O)c3cccs3)=C(O)C(=O)N2c2cc(C)on2)cc1OC. The van der Waals surface area contributed by atoms with Gasteiger partial charge < -0.3 is 19.1 Å². The summed E-state index contributed by atoms with van der Waals surface area (Å²) in [5, 5.41) is 16.4. The Hall–Kier alpha value is -3.59. The van der Waals surface area contributed by atoms with Crippen LogP contribution in [0.5, 0.6) is 11.5 Å². The molecule has 8 nitrogen and oxygen atoms in total. The van der Waals surface area contributed by atoms with E-state index in [0.29, 0.717) is 34.3 Å². The highest BCUT2D eigenvalue weighted by atomic mass is 32.1. The Morgan fingerprint density at radius 3 is 2.71 bits per heavy atom. The van der Waals surface area contributed by atoms with Gasteiger partial charge in [0.2, 0.25) is 5.78 Å². The zero-order valence-electron chi connectivity index (χ0n) is 17.1. The van der Waals surface area contributed by atoms with Crippen molar-refractivity contribution in [3.05, 3.63) is 69.3 Å². The number of aliphatic hydroxyl groups is 1. The predicted octanol–water partition coefficient (Wildman–Crippen LogP) is 4.23. The minimum absolute atomic E-state index is 0.0284. The number of ether oxygens (including phenoxy) is 2. The fraction of sp³-hybridized carbons (Fsp3) is 0.227. The lowest BCUT2D eigenvalue weighted by Crippen LogP contribution is -2.31. The highest BCUT2D eigenvalue weighted by molar-refractivity contribution is 7.12. The normalized spacial score (nSPS) is 16.2. The summed E-state index contributed by atoms with van der Waals surface area (Å²) in [6.45, 7) is 4.00. The van der Waals surface area contributed by atoms with Crippen LogP contribution in [0.2, 0.25) is 0 Å². The number of ketones is 1. The number of hydrogen-bond acceptors (Lipinski definition) is 8. The van der Waals surface area contributed by atoms with E-state index in [1.54, 1.807) is 48.7 Å². The summed E-state index contributed by atoms with van der Waals surface area (Å²) >= 11 is 1.23. The van der Waals surface area contributed by atoms with Gasteiger partial charge in [-0.1, -0.05) is 17.3 Å². The largest absolute Gasteiger partial charge is 0.503 e. The number of Topliss-reactive ketones (excluding diaryl/α,β-unsaturated/α-hetero) is 1. The Bertz CT molecular complexity index is 1160. The number of nitrogens with zero attached hydrogens (tertiary/aromatic N) is 2. The van der Waals surface area contributed by atoms with Gasteiger partial charge in [0.25, 0.3) is 5.91 Å². The second-order valence-electron chi connectivity index (χ2n) is 6.79. The molecular weight excluding hydrogens is 420 g/mol. The van der Waals surface area contributed by atoms with Gasteiger partial charge in [-0.3, -0.25) is 14.5 Å². The van der Waals surface area contributed by atoms with Crippen LogP contribution in [0.25, 0.3) is 0 Å². The van der Waals surface area contributed by atoms with Crippen LogP contribution in [0.15, 0.2) is 57.6 Å². The average Bonchev–Trinajstić information content (AvgIpc) is 3.49. The molecule has 1 atom stereocenters. The second kappa shape index (κ2) is 8.27. The number of aryl methyl sites for hydroxylation is 1. The average molecular weight is 440 g/mol. The molecule has 0 saturated carbocycles. The number of thiophene rings is 1. The smallest absolute Gasteiger partial charge is 0.295 e. The molecular formula is C22H20N2O6S. The number of hydrogen-bond donors (Lipinski definition) is 1. The monoisotopic (exact) mass is 440 g/mol. The molecule has 3 aromatic rings. The highest BCUT2D eigenvalue weighted by Gasteiger charge is 2.46. The number of anilines is 1. The van der Waals surface area contributed by atoms with Crippen molar-refractivity contribution in [1.82, 2.24) is 5.16 Å². The van der Waals surface area contributed by atoms with Crippen molar-refractivity contribution < 1.29 is 28.7 Å². The number of carbonyl (C=O) groups excluding carboxylic acids is 2. The van der Waals surface area contributed by atoms with E-state index in [-0.39, 0.29) is 11.4 Å². The van der Waals surface area contributed by atoms with Gasteiger partial charge in [0, 0.05) is 6.07 Å². The van der Waals surface area contributed by atoms with Crippen molar-refractivity contribution in [2.24, 2.45) is 0 Å². The molecule has 9 heteroatoms. The number of aromatic nitrogens is 1. The van der Waals surface area contributed by atoms with E-state index >= 15 is 0 Å². The van der Waals surface area contributed by atoms with Crippen LogP contribution < -0.4 is 14.4 Å².